The van der Waals surface area contributed by atoms with Crippen LogP contribution in [0.25, 0.3) is 22.4 Å². The molecule has 1 spiro atoms. The quantitative estimate of drug-likeness (QED) is 0.326. The first-order chi connectivity index (χ1) is 15.0. The zero-order chi connectivity index (χ0) is 21.6. The van der Waals surface area contributed by atoms with Crippen molar-refractivity contribution in [2.75, 3.05) is 0 Å². The van der Waals surface area contributed by atoms with Gasteiger partial charge in [-0.2, -0.15) is 0 Å². The maximum Gasteiger partial charge on any atom is 0.225 e. The summed E-state index contributed by atoms with van der Waals surface area (Å²) in [5.41, 5.74) is 3.18. The Morgan fingerprint density at radius 1 is 0.935 bits per heavy atom. The van der Waals surface area contributed by atoms with Gasteiger partial charge in [0.15, 0.2) is 5.78 Å². The van der Waals surface area contributed by atoms with Gasteiger partial charge in [0, 0.05) is 21.2 Å². The van der Waals surface area contributed by atoms with E-state index in [4.69, 9.17) is 32.9 Å². The van der Waals surface area contributed by atoms with Crippen LogP contribution < -0.4 is 4.74 Å². The fraction of sp³-hybridized carbons (Fsp3) is 0.280. The van der Waals surface area contributed by atoms with Crippen LogP contribution in [-0.2, 0) is 0 Å². The Morgan fingerprint density at radius 3 is 2.35 bits per heavy atom. The van der Waals surface area contributed by atoms with E-state index in [0.717, 1.165) is 42.4 Å². The van der Waals surface area contributed by atoms with Gasteiger partial charge in [-0.15, -0.1) is 0 Å². The lowest BCUT2D eigenvalue weighted by Gasteiger charge is -2.43. The fourth-order valence-corrected chi connectivity index (χ4v) is 5.73. The Hall–Kier alpha value is -1.88. The summed E-state index contributed by atoms with van der Waals surface area (Å²) < 4.78 is 6.51. The Kier molecular flexibility index (Phi) is 5.58. The van der Waals surface area contributed by atoms with Crippen molar-refractivity contribution in [3.63, 3.8) is 0 Å². The fourth-order valence-electron chi connectivity index (χ4n) is 4.58. The summed E-state index contributed by atoms with van der Waals surface area (Å²) in [7, 11) is 0. The van der Waals surface area contributed by atoms with Crippen LogP contribution in [-0.4, -0.2) is 21.2 Å². The van der Waals surface area contributed by atoms with Crippen LogP contribution in [0.1, 0.15) is 42.5 Å². The van der Waals surface area contributed by atoms with Gasteiger partial charge in [-0.05, 0) is 55.5 Å². The zero-order valence-electron chi connectivity index (χ0n) is 16.7. The molecule has 1 unspecified atom stereocenters. The lowest BCUT2D eigenvalue weighted by atomic mass is 9.78. The van der Waals surface area contributed by atoms with Gasteiger partial charge >= 0.3 is 0 Å². The Labute approximate surface area is 199 Å². The van der Waals surface area contributed by atoms with E-state index in [1.165, 1.54) is 6.42 Å². The molecule has 3 nitrogen and oxygen atoms in total. The molecule has 1 aromatic heterocycles. The molecule has 0 saturated heterocycles. The second-order valence-electron chi connectivity index (χ2n) is 8.18. The molecule has 0 radical (unpaired) electrons. The molecule has 0 bridgehead atoms. The molecule has 2 heterocycles. The Morgan fingerprint density at radius 2 is 1.65 bits per heavy atom. The Balaban J connectivity index is 1.72. The highest BCUT2D eigenvalue weighted by molar-refractivity contribution is 9.10. The van der Waals surface area contributed by atoms with Gasteiger partial charge in [-0.1, -0.05) is 75.9 Å². The van der Waals surface area contributed by atoms with Crippen LogP contribution in [0.3, 0.4) is 0 Å². The van der Waals surface area contributed by atoms with E-state index >= 15 is 0 Å². The number of Topliss-reactive ketones (excluding diaryl/α,β-unsaturated/α-hetero) is 1. The third-order valence-electron chi connectivity index (χ3n) is 6.23. The highest BCUT2D eigenvalue weighted by Crippen LogP contribution is 2.47. The number of fused-ring (bicyclic) bond motifs is 1. The highest BCUT2D eigenvalue weighted by Gasteiger charge is 2.49. The number of carbonyl (C=O) groups excluding carboxylic acids is 1. The second-order valence-corrected chi connectivity index (χ2v) is 9.94. The van der Waals surface area contributed by atoms with E-state index in [9.17, 15) is 4.79 Å². The molecule has 2 aliphatic rings. The number of ketones is 1. The number of benzene rings is 2. The molecular formula is C25H20BrCl2NO2. The summed E-state index contributed by atoms with van der Waals surface area (Å²) in [6, 6.07) is 17.0. The molecule has 0 N–H and O–H groups in total. The third-order valence-corrected chi connectivity index (χ3v) is 8.06. The normalized spacial score (nSPS) is 19.7. The predicted octanol–water partition coefficient (Wildman–Crippen LogP) is 7.76. The first kappa shape index (κ1) is 21.0. The van der Waals surface area contributed by atoms with Crippen molar-refractivity contribution in [1.82, 2.24) is 4.98 Å². The van der Waals surface area contributed by atoms with E-state index in [0.29, 0.717) is 27.2 Å². The van der Waals surface area contributed by atoms with Crippen LogP contribution in [0, 0.1) is 0 Å². The van der Waals surface area contributed by atoms with Gasteiger partial charge in [0.1, 0.15) is 10.4 Å². The molecule has 1 saturated carbocycles. The largest absolute Gasteiger partial charge is 0.469 e. The molecule has 3 aromatic rings. The first-order valence-corrected chi connectivity index (χ1v) is 12.1. The number of carbonyl (C=O) groups is 1. The minimum atomic E-state index is -0.533. The van der Waals surface area contributed by atoms with Gasteiger partial charge in [-0.3, -0.25) is 4.79 Å². The number of hydrogen-bond acceptors (Lipinski definition) is 3. The van der Waals surface area contributed by atoms with Crippen molar-refractivity contribution in [3.8, 4) is 28.3 Å². The van der Waals surface area contributed by atoms with Crippen molar-refractivity contribution in [2.45, 2.75) is 42.5 Å². The molecule has 2 aromatic carbocycles. The average molecular weight is 517 g/mol. The highest BCUT2D eigenvalue weighted by atomic mass is 79.9. The van der Waals surface area contributed by atoms with Crippen LogP contribution in [0.5, 0.6) is 5.88 Å². The molecule has 31 heavy (non-hydrogen) atoms. The second kappa shape index (κ2) is 8.23. The molecular weight excluding hydrogens is 497 g/mol. The lowest BCUT2D eigenvalue weighted by molar-refractivity contribution is 0.0162. The molecule has 5 rings (SSSR count). The van der Waals surface area contributed by atoms with Gasteiger partial charge in [-0.25, -0.2) is 4.98 Å². The molecule has 158 valence electrons. The number of rotatable bonds is 2. The van der Waals surface area contributed by atoms with Crippen molar-refractivity contribution in [2.24, 2.45) is 0 Å². The maximum atomic E-state index is 13.4. The van der Waals surface area contributed by atoms with Crippen LogP contribution in [0.15, 0.2) is 54.6 Å². The number of nitrogens with zero attached hydrogens (tertiary/aromatic N) is 1. The van der Waals surface area contributed by atoms with E-state index in [-0.39, 0.29) is 10.6 Å². The van der Waals surface area contributed by atoms with E-state index in [2.05, 4.69) is 15.9 Å². The van der Waals surface area contributed by atoms with E-state index < -0.39 is 5.60 Å². The van der Waals surface area contributed by atoms with Gasteiger partial charge in [0.2, 0.25) is 5.88 Å². The number of hydrogen-bond donors (Lipinski definition) is 0. The monoisotopic (exact) mass is 515 g/mol. The molecule has 1 fully saturated rings. The summed E-state index contributed by atoms with van der Waals surface area (Å²) in [6.45, 7) is 0. The summed E-state index contributed by atoms with van der Waals surface area (Å²) in [5, 5.41) is 1.24. The molecule has 1 aliphatic heterocycles. The van der Waals surface area contributed by atoms with Crippen molar-refractivity contribution in [3.05, 3.63) is 70.2 Å². The van der Waals surface area contributed by atoms with Crippen LogP contribution >= 0.6 is 39.1 Å². The van der Waals surface area contributed by atoms with Crippen LogP contribution in [0.2, 0.25) is 10.0 Å². The predicted molar refractivity (Wildman–Crippen MR) is 129 cm³/mol. The molecule has 6 heteroatoms. The summed E-state index contributed by atoms with van der Waals surface area (Å²) in [6.07, 6.45) is 4.95. The summed E-state index contributed by atoms with van der Waals surface area (Å²) in [4.78, 5) is 17.9. The SMILES string of the molecule is O=C1c2cc(-c3ccc(Cl)cc3)c(-c3ccccc3Cl)nc2OC2(CCCCC2)C1Br. The van der Waals surface area contributed by atoms with Gasteiger partial charge in [0.05, 0.1) is 11.3 Å². The molecule has 1 atom stereocenters. The zero-order valence-corrected chi connectivity index (χ0v) is 19.8. The van der Waals surface area contributed by atoms with Crippen molar-refractivity contribution < 1.29 is 9.53 Å². The minimum Gasteiger partial charge on any atom is -0.469 e. The first-order valence-electron chi connectivity index (χ1n) is 10.4. The van der Waals surface area contributed by atoms with E-state index in [1.54, 1.807) is 0 Å². The number of ether oxygens (including phenoxy) is 1. The smallest absolute Gasteiger partial charge is 0.225 e. The van der Waals surface area contributed by atoms with Crippen LogP contribution in [0.4, 0.5) is 0 Å². The third kappa shape index (κ3) is 3.69. The topological polar surface area (TPSA) is 39.2 Å². The van der Waals surface area contributed by atoms with Crippen molar-refractivity contribution in [1.29, 1.82) is 0 Å². The standard InChI is InChI=1S/C25H20BrCl2NO2/c26-23-22(30)19-14-18(15-8-10-16(27)11-9-15)21(17-6-2-3-7-20(17)28)29-24(19)31-25(23)12-4-1-5-13-25/h2-3,6-11,14,23H,1,4-5,12-13H2. The Bertz CT molecular complexity index is 1160. The van der Waals surface area contributed by atoms with E-state index in [1.807, 2.05) is 54.6 Å². The number of aromatic nitrogens is 1. The minimum absolute atomic E-state index is 0.0246. The number of halogens is 3. The number of pyridine rings is 1. The van der Waals surface area contributed by atoms with Gasteiger partial charge < -0.3 is 4.74 Å². The lowest BCUT2D eigenvalue weighted by Crippen LogP contribution is -2.53. The summed E-state index contributed by atoms with van der Waals surface area (Å²) in [5.74, 6) is 0.423. The maximum absolute atomic E-state index is 13.4. The number of alkyl halides is 1. The molecule has 0 amide bonds. The summed E-state index contributed by atoms with van der Waals surface area (Å²) >= 11 is 16.3. The molecule has 1 aliphatic carbocycles. The van der Waals surface area contributed by atoms with Crippen molar-refractivity contribution >= 4 is 44.9 Å². The average Bonchev–Trinajstić information content (AvgIpc) is 2.79. The van der Waals surface area contributed by atoms with Gasteiger partial charge in [0.25, 0.3) is 0 Å².